The maximum atomic E-state index is 14.9. The third kappa shape index (κ3) is 4.32. The molecule has 1 aromatic carbocycles. The highest BCUT2D eigenvalue weighted by Crippen LogP contribution is 2.46. The van der Waals surface area contributed by atoms with Crippen LogP contribution < -0.4 is 5.32 Å². The number of aryl methyl sites for hydroxylation is 1. The Bertz CT molecular complexity index is 1700. The van der Waals surface area contributed by atoms with Crippen LogP contribution in [0, 0.1) is 36.3 Å². The number of rotatable bonds is 6. The summed E-state index contributed by atoms with van der Waals surface area (Å²) >= 11 is 0. The Balaban J connectivity index is 1.44. The summed E-state index contributed by atoms with van der Waals surface area (Å²) in [4.78, 5) is 24.5. The van der Waals surface area contributed by atoms with Crippen LogP contribution in [0.2, 0.25) is 0 Å². The van der Waals surface area contributed by atoms with E-state index in [4.69, 9.17) is 0 Å². The number of pyridine rings is 1. The van der Waals surface area contributed by atoms with E-state index in [1.807, 2.05) is 6.92 Å². The molecular weight excluding hydrogens is 528 g/mol. The van der Waals surface area contributed by atoms with Gasteiger partial charge in [0.15, 0.2) is 23.1 Å². The van der Waals surface area contributed by atoms with E-state index in [2.05, 4.69) is 20.3 Å². The first-order chi connectivity index (χ1) is 18.6. The summed E-state index contributed by atoms with van der Waals surface area (Å²) in [6, 6.07) is 6.87. The Hall–Kier alpha value is -3.93. The molecule has 3 aliphatic rings. The fourth-order valence-corrected chi connectivity index (χ4v) is 7.33. The highest BCUT2D eigenvalue weighted by Gasteiger charge is 2.47. The summed E-state index contributed by atoms with van der Waals surface area (Å²) in [5, 5.41) is 13.0. The monoisotopic (exact) mass is 553 g/mol. The molecule has 202 valence electrons. The van der Waals surface area contributed by atoms with Crippen molar-refractivity contribution in [3.05, 3.63) is 66.1 Å². The first-order valence-electron chi connectivity index (χ1n) is 12.6. The number of nitrogens with zero attached hydrogens (tertiary/aromatic N) is 4. The molecule has 0 aliphatic heterocycles. The van der Waals surface area contributed by atoms with Gasteiger partial charge < -0.3 is 10.4 Å². The smallest absolute Gasteiger partial charge is 0.308 e. The van der Waals surface area contributed by atoms with E-state index >= 15 is 0 Å². The minimum Gasteiger partial charge on any atom is -0.481 e. The molecule has 0 saturated heterocycles. The Morgan fingerprint density at radius 3 is 2.44 bits per heavy atom. The summed E-state index contributed by atoms with van der Waals surface area (Å²) in [7, 11) is -4.12. The van der Waals surface area contributed by atoms with E-state index in [9.17, 15) is 27.1 Å². The standard InChI is InChI=1S/C27H25F2N5O4S/c1-14-2-8-18(9-3-14)39(37,38)34-13-20(19-10-17(28)11-31-26(19)34)24-30-12-21(29)25(33-24)32-23-16-6-4-15(5-7-16)22(23)27(35)36/h2-3,8-13,15-16,22-23H,4-7H2,1H3,(H,35,36)(H,30,32,33)/t15?,16?,22-,23-/m0/s1. The SMILES string of the molecule is Cc1ccc(S(=O)(=O)n2cc(-c3ncc(F)c(N[C@H]4C5CCC(CC5)[C@@H]4C(=O)O)n3)c3cc(F)cnc32)cc1. The Morgan fingerprint density at radius 2 is 1.74 bits per heavy atom. The van der Waals surface area contributed by atoms with Crippen molar-refractivity contribution in [2.24, 2.45) is 17.8 Å². The molecule has 0 spiro atoms. The molecule has 3 fully saturated rings. The van der Waals surface area contributed by atoms with Crippen LogP contribution in [0.25, 0.3) is 22.4 Å². The molecule has 0 amide bonds. The average Bonchev–Trinajstić information content (AvgIpc) is 3.30. The molecule has 2 atom stereocenters. The number of carbonyl (C=O) groups is 1. The minimum absolute atomic E-state index is 0.00775. The number of anilines is 1. The fraction of sp³-hybridized carbons (Fsp3) is 0.333. The maximum absolute atomic E-state index is 14.9. The highest BCUT2D eigenvalue weighted by molar-refractivity contribution is 7.90. The lowest BCUT2D eigenvalue weighted by Gasteiger charge is -2.47. The number of halogens is 2. The zero-order chi connectivity index (χ0) is 27.5. The van der Waals surface area contributed by atoms with Crippen molar-refractivity contribution in [2.75, 3.05) is 5.32 Å². The van der Waals surface area contributed by atoms with Crippen LogP contribution in [0.4, 0.5) is 14.6 Å². The molecule has 2 N–H and O–H groups in total. The van der Waals surface area contributed by atoms with Gasteiger partial charge in [-0.3, -0.25) is 4.79 Å². The lowest BCUT2D eigenvalue weighted by atomic mass is 9.61. The van der Waals surface area contributed by atoms with Gasteiger partial charge in [0.2, 0.25) is 0 Å². The second-order valence-electron chi connectivity index (χ2n) is 10.3. The molecule has 7 rings (SSSR count). The molecule has 3 aliphatic carbocycles. The van der Waals surface area contributed by atoms with Gasteiger partial charge in [0, 0.05) is 23.2 Å². The molecule has 0 unspecified atom stereocenters. The van der Waals surface area contributed by atoms with Gasteiger partial charge in [-0.2, -0.15) is 0 Å². The quantitative estimate of drug-likeness (QED) is 0.354. The number of hydrogen-bond acceptors (Lipinski definition) is 7. The number of aromatic nitrogens is 4. The molecular formula is C27H25F2N5O4S. The topological polar surface area (TPSA) is 127 Å². The van der Waals surface area contributed by atoms with E-state index in [0.717, 1.165) is 53.7 Å². The number of aliphatic carboxylic acids is 1. The number of hydrogen-bond donors (Lipinski definition) is 2. The molecule has 12 heteroatoms. The van der Waals surface area contributed by atoms with Gasteiger partial charge >= 0.3 is 5.97 Å². The average molecular weight is 554 g/mol. The third-order valence-electron chi connectivity index (χ3n) is 7.95. The molecule has 39 heavy (non-hydrogen) atoms. The lowest BCUT2D eigenvalue weighted by molar-refractivity contribution is -0.148. The van der Waals surface area contributed by atoms with Gasteiger partial charge in [-0.05, 0) is 62.6 Å². The minimum atomic E-state index is -4.12. The molecule has 4 aromatic rings. The lowest BCUT2D eigenvalue weighted by Crippen LogP contribution is -2.51. The summed E-state index contributed by atoms with van der Waals surface area (Å²) in [6.07, 6.45) is 6.44. The zero-order valence-electron chi connectivity index (χ0n) is 20.9. The molecule has 3 heterocycles. The number of carboxylic acid groups (broad SMARTS) is 1. The van der Waals surface area contributed by atoms with Crippen LogP contribution >= 0.6 is 0 Å². The summed E-state index contributed by atoms with van der Waals surface area (Å²) < 4.78 is 57.1. The zero-order valence-corrected chi connectivity index (χ0v) is 21.7. The fourth-order valence-electron chi connectivity index (χ4n) is 6.01. The van der Waals surface area contributed by atoms with E-state index in [-0.39, 0.29) is 45.0 Å². The molecule has 3 aromatic heterocycles. The highest BCUT2D eigenvalue weighted by atomic mass is 32.2. The van der Waals surface area contributed by atoms with Gasteiger partial charge in [0.25, 0.3) is 10.0 Å². The van der Waals surface area contributed by atoms with E-state index in [1.54, 1.807) is 12.1 Å². The van der Waals surface area contributed by atoms with E-state index in [0.29, 0.717) is 0 Å². The van der Waals surface area contributed by atoms with Gasteiger partial charge in [0.05, 0.1) is 23.2 Å². The van der Waals surface area contributed by atoms with Gasteiger partial charge in [-0.25, -0.2) is 36.1 Å². The number of fused-ring (bicyclic) bond motifs is 4. The predicted octanol–water partition coefficient (Wildman–Crippen LogP) is 4.62. The van der Waals surface area contributed by atoms with Crippen LogP contribution in [0.15, 0.2) is 53.8 Å². The second kappa shape index (κ2) is 9.37. The Morgan fingerprint density at radius 1 is 1.05 bits per heavy atom. The largest absolute Gasteiger partial charge is 0.481 e. The van der Waals surface area contributed by atoms with Crippen molar-refractivity contribution in [3.63, 3.8) is 0 Å². The number of carboxylic acids is 1. The maximum Gasteiger partial charge on any atom is 0.308 e. The first kappa shape index (κ1) is 25.4. The predicted molar refractivity (Wildman–Crippen MR) is 138 cm³/mol. The summed E-state index contributed by atoms with van der Waals surface area (Å²) in [5.41, 5.74) is 0.976. The Labute approximate surface area is 223 Å². The van der Waals surface area contributed by atoms with E-state index in [1.165, 1.54) is 18.3 Å². The van der Waals surface area contributed by atoms with Crippen molar-refractivity contribution in [1.29, 1.82) is 0 Å². The van der Waals surface area contributed by atoms with Crippen LogP contribution in [-0.4, -0.2) is 44.5 Å². The molecule has 3 saturated carbocycles. The van der Waals surface area contributed by atoms with E-state index < -0.39 is 39.6 Å². The summed E-state index contributed by atoms with van der Waals surface area (Å²) in [5.74, 6) is -3.24. The molecule has 2 bridgehead atoms. The normalized spacial score (nSPS) is 22.7. The Kier molecular flexibility index (Phi) is 6.09. The van der Waals surface area contributed by atoms with Crippen LogP contribution in [0.5, 0.6) is 0 Å². The van der Waals surface area contributed by atoms with Crippen LogP contribution in [0.1, 0.15) is 31.2 Å². The van der Waals surface area contributed by atoms with Crippen molar-refractivity contribution in [3.8, 4) is 11.4 Å². The third-order valence-corrected chi connectivity index (χ3v) is 9.61. The van der Waals surface area contributed by atoms with Crippen molar-refractivity contribution >= 4 is 32.8 Å². The molecule has 9 nitrogen and oxygen atoms in total. The number of benzene rings is 1. The van der Waals surface area contributed by atoms with Crippen molar-refractivity contribution < 1.29 is 27.1 Å². The number of nitrogens with one attached hydrogen (secondary N) is 1. The van der Waals surface area contributed by atoms with Gasteiger partial charge in [-0.1, -0.05) is 17.7 Å². The van der Waals surface area contributed by atoms with Gasteiger partial charge in [-0.15, -0.1) is 0 Å². The van der Waals surface area contributed by atoms with Crippen LogP contribution in [0.3, 0.4) is 0 Å². The second-order valence-corrected chi connectivity index (χ2v) is 12.1. The van der Waals surface area contributed by atoms with Crippen molar-refractivity contribution in [2.45, 2.75) is 43.5 Å². The first-order valence-corrected chi connectivity index (χ1v) is 14.1. The summed E-state index contributed by atoms with van der Waals surface area (Å²) in [6.45, 7) is 1.83. The molecule has 0 radical (unpaired) electrons. The van der Waals surface area contributed by atoms with Crippen molar-refractivity contribution in [1.82, 2.24) is 18.9 Å². The van der Waals surface area contributed by atoms with Gasteiger partial charge in [0.1, 0.15) is 5.82 Å². The van der Waals surface area contributed by atoms with Crippen LogP contribution in [-0.2, 0) is 14.8 Å².